The predicted molar refractivity (Wildman–Crippen MR) is 60.4 cm³/mol. The molecule has 0 spiro atoms. The molecule has 92 valence electrons. The van der Waals surface area contributed by atoms with Gasteiger partial charge in [-0.1, -0.05) is 0 Å². The average Bonchev–Trinajstić information content (AvgIpc) is 2.28. The van der Waals surface area contributed by atoms with Crippen LogP contribution in [0.15, 0.2) is 12.1 Å². The number of amides is 1. The molecule has 4 N–H and O–H groups in total. The summed E-state index contributed by atoms with van der Waals surface area (Å²) >= 11 is 0. The van der Waals surface area contributed by atoms with Gasteiger partial charge in [-0.2, -0.15) is 0 Å². The Bertz CT molecular complexity index is 451. The van der Waals surface area contributed by atoms with Crippen molar-refractivity contribution >= 4 is 17.3 Å². The Kier molecular flexibility index (Phi) is 3.12. The van der Waals surface area contributed by atoms with Crippen molar-refractivity contribution in [2.45, 2.75) is 18.9 Å². The fraction of sp³-hybridized carbons (Fsp3) is 0.364. The van der Waals surface area contributed by atoms with Gasteiger partial charge in [-0.3, -0.25) is 4.79 Å². The number of halogens is 2. The maximum Gasteiger partial charge on any atom is 0.242 e. The molecule has 1 atom stereocenters. The van der Waals surface area contributed by atoms with Gasteiger partial charge in [0.1, 0.15) is 11.9 Å². The molecule has 17 heavy (non-hydrogen) atoms. The topological polar surface area (TPSA) is 67.2 Å². The molecule has 1 saturated heterocycles. The van der Waals surface area contributed by atoms with Crippen LogP contribution in [-0.4, -0.2) is 18.5 Å². The Morgan fingerprint density at radius 3 is 2.88 bits per heavy atom. The summed E-state index contributed by atoms with van der Waals surface area (Å²) in [6.45, 7) is 0.629. The molecule has 1 aliphatic rings. The predicted octanol–water partition coefficient (Wildman–Crippen LogP) is 1.24. The van der Waals surface area contributed by atoms with Gasteiger partial charge in [0.25, 0.3) is 0 Å². The lowest BCUT2D eigenvalue weighted by Crippen LogP contribution is -2.44. The Morgan fingerprint density at radius 1 is 1.41 bits per heavy atom. The van der Waals surface area contributed by atoms with E-state index >= 15 is 0 Å². The second kappa shape index (κ2) is 4.57. The number of nitrogens with one attached hydrogen (secondary N) is 2. The van der Waals surface area contributed by atoms with E-state index in [0.29, 0.717) is 19.0 Å². The molecule has 2 rings (SSSR count). The van der Waals surface area contributed by atoms with Crippen LogP contribution >= 0.6 is 0 Å². The zero-order valence-corrected chi connectivity index (χ0v) is 9.09. The molecule has 0 radical (unpaired) electrons. The van der Waals surface area contributed by atoms with Crippen LogP contribution in [0.4, 0.5) is 20.2 Å². The standard InChI is InChI=1S/C11H13F2N3O/c12-6-4-7(13)10(14)9(5-6)16-8-2-1-3-15-11(8)17/h4-5,8,16H,1-3,14H2,(H,15,17). The number of piperidine rings is 1. The number of nitrogen functional groups attached to an aromatic ring is 1. The number of carbonyl (C=O) groups excluding carboxylic acids is 1. The van der Waals surface area contributed by atoms with E-state index in [9.17, 15) is 13.6 Å². The maximum absolute atomic E-state index is 13.2. The van der Waals surface area contributed by atoms with Gasteiger partial charge in [-0.25, -0.2) is 8.78 Å². The van der Waals surface area contributed by atoms with Crippen LogP contribution in [0, 0.1) is 11.6 Å². The molecule has 1 aromatic rings. The Morgan fingerprint density at radius 2 is 2.18 bits per heavy atom. The fourth-order valence-corrected chi connectivity index (χ4v) is 1.80. The number of hydrogen-bond donors (Lipinski definition) is 3. The first kappa shape index (κ1) is 11.6. The van der Waals surface area contributed by atoms with Gasteiger partial charge in [0.2, 0.25) is 5.91 Å². The van der Waals surface area contributed by atoms with Crippen LogP contribution in [0.1, 0.15) is 12.8 Å². The highest BCUT2D eigenvalue weighted by atomic mass is 19.1. The number of nitrogens with two attached hydrogens (primary N) is 1. The number of benzene rings is 1. The molecule has 1 heterocycles. The first-order valence-electron chi connectivity index (χ1n) is 5.36. The minimum absolute atomic E-state index is 0.115. The van der Waals surface area contributed by atoms with Crippen molar-refractivity contribution in [3.05, 3.63) is 23.8 Å². The molecule has 6 heteroatoms. The molecule has 1 unspecified atom stereocenters. The highest BCUT2D eigenvalue weighted by Crippen LogP contribution is 2.25. The third-order valence-corrected chi connectivity index (χ3v) is 2.71. The fourth-order valence-electron chi connectivity index (χ4n) is 1.80. The lowest BCUT2D eigenvalue weighted by molar-refractivity contribution is -0.123. The van der Waals surface area contributed by atoms with Gasteiger partial charge in [0, 0.05) is 12.6 Å². The Hall–Kier alpha value is -1.85. The maximum atomic E-state index is 13.2. The van der Waals surface area contributed by atoms with Crippen molar-refractivity contribution in [2.24, 2.45) is 0 Å². The molecular formula is C11H13F2N3O. The molecule has 0 aliphatic carbocycles. The summed E-state index contributed by atoms with van der Waals surface area (Å²) in [4.78, 5) is 11.5. The zero-order valence-electron chi connectivity index (χ0n) is 9.09. The van der Waals surface area contributed by atoms with E-state index in [-0.39, 0.29) is 17.3 Å². The number of anilines is 2. The monoisotopic (exact) mass is 241 g/mol. The molecule has 4 nitrogen and oxygen atoms in total. The lowest BCUT2D eigenvalue weighted by Gasteiger charge is -2.24. The number of rotatable bonds is 2. The van der Waals surface area contributed by atoms with Gasteiger partial charge < -0.3 is 16.4 Å². The molecule has 0 bridgehead atoms. The Balaban J connectivity index is 2.20. The molecule has 1 amide bonds. The van der Waals surface area contributed by atoms with Gasteiger partial charge in [-0.05, 0) is 18.9 Å². The summed E-state index contributed by atoms with van der Waals surface area (Å²) in [5.41, 5.74) is 5.42. The van der Waals surface area contributed by atoms with Crippen LogP contribution in [-0.2, 0) is 4.79 Å². The van der Waals surface area contributed by atoms with Crippen LogP contribution in [0.2, 0.25) is 0 Å². The highest BCUT2D eigenvalue weighted by molar-refractivity contribution is 5.86. The second-order valence-corrected chi connectivity index (χ2v) is 3.98. The zero-order chi connectivity index (χ0) is 12.4. The summed E-state index contributed by atoms with van der Waals surface area (Å²) < 4.78 is 26.2. The van der Waals surface area contributed by atoms with Crippen molar-refractivity contribution in [3.8, 4) is 0 Å². The summed E-state index contributed by atoms with van der Waals surface area (Å²) in [6, 6.07) is 1.30. The van der Waals surface area contributed by atoms with E-state index in [2.05, 4.69) is 10.6 Å². The van der Waals surface area contributed by atoms with Crippen molar-refractivity contribution in [1.29, 1.82) is 0 Å². The molecular weight excluding hydrogens is 228 g/mol. The summed E-state index contributed by atoms with van der Waals surface area (Å²) in [7, 11) is 0. The minimum atomic E-state index is -0.830. The molecule has 0 saturated carbocycles. The van der Waals surface area contributed by atoms with Crippen molar-refractivity contribution in [3.63, 3.8) is 0 Å². The van der Waals surface area contributed by atoms with E-state index in [1.165, 1.54) is 0 Å². The smallest absolute Gasteiger partial charge is 0.242 e. The largest absolute Gasteiger partial charge is 0.395 e. The third-order valence-electron chi connectivity index (χ3n) is 2.71. The van der Waals surface area contributed by atoms with Crippen LogP contribution < -0.4 is 16.4 Å². The first-order chi connectivity index (χ1) is 8.08. The summed E-state index contributed by atoms with van der Waals surface area (Å²) in [5, 5.41) is 5.43. The van der Waals surface area contributed by atoms with E-state index in [0.717, 1.165) is 12.5 Å². The van der Waals surface area contributed by atoms with E-state index in [1.807, 2.05) is 0 Å². The van der Waals surface area contributed by atoms with Crippen molar-refractivity contribution < 1.29 is 13.6 Å². The normalized spacial score (nSPS) is 19.9. The average molecular weight is 241 g/mol. The van der Waals surface area contributed by atoms with E-state index in [1.54, 1.807) is 0 Å². The minimum Gasteiger partial charge on any atom is -0.395 e. The lowest BCUT2D eigenvalue weighted by atomic mass is 10.1. The summed E-state index contributed by atoms with van der Waals surface area (Å²) in [5.74, 6) is -1.74. The van der Waals surface area contributed by atoms with Crippen LogP contribution in [0.5, 0.6) is 0 Å². The molecule has 1 aromatic carbocycles. The molecule has 1 aliphatic heterocycles. The number of hydrogen-bond acceptors (Lipinski definition) is 3. The van der Waals surface area contributed by atoms with Gasteiger partial charge in [0.05, 0.1) is 11.4 Å². The van der Waals surface area contributed by atoms with Crippen LogP contribution in [0.25, 0.3) is 0 Å². The van der Waals surface area contributed by atoms with Gasteiger partial charge in [0.15, 0.2) is 5.82 Å². The third kappa shape index (κ3) is 2.46. The Labute approximate surface area is 97.2 Å². The van der Waals surface area contributed by atoms with Gasteiger partial charge >= 0.3 is 0 Å². The summed E-state index contributed by atoms with van der Waals surface area (Å²) in [6.07, 6.45) is 1.44. The number of carbonyl (C=O) groups is 1. The molecule has 0 aromatic heterocycles. The quantitative estimate of drug-likeness (QED) is 0.682. The van der Waals surface area contributed by atoms with E-state index in [4.69, 9.17) is 5.73 Å². The van der Waals surface area contributed by atoms with Gasteiger partial charge in [-0.15, -0.1) is 0 Å². The van der Waals surface area contributed by atoms with Crippen molar-refractivity contribution in [1.82, 2.24) is 5.32 Å². The van der Waals surface area contributed by atoms with Crippen molar-refractivity contribution in [2.75, 3.05) is 17.6 Å². The van der Waals surface area contributed by atoms with Crippen LogP contribution in [0.3, 0.4) is 0 Å². The highest BCUT2D eigenvalue weighted by Gasteiger charge is 2.23. The van der Waals surface area contributed by atoms with E-state index < -0.39 is 17.7 Å². The first-order valence-corrected chi connectivity index (χ1v) is 5.36. The SMILES string of the molecule is Nc1c(F)cc(F)cc1NC1CCCNC1=O. The second-order valence-electron chi connectivity index (χ2n) is 3.98. The molecule has 1 fully saturated rings.